The van der Waals surface area contributed by atoms with Crippen LogP contribution in [0.5, 0.6) is 5.75 Å². The zero-order chi connectivity index (χ0) is 14.0. The number of ether oxygens (including phenoxy) is 1. The van der Waals surface area contributed by atoms with E-state index in [4.69, 9.17) is 9.29 Å². The smallest absolute Gasteiger partial charge is 0.295 e. The van der Waals surface area contributed by atoms with Crippen molar-refractivity contribution in [1.82, 2.24) is 0 Å². The third-order valence-electron chi connectivity index (χ3n) is 2.49. The number of alkyl halides is 2. The van der Waals surface area contributed by atoms with Crippen molar-refractivity contribution in [2.45, 2.75) is 11.3 Å². The minimum Gasteiger partial charge on any atom is -0.487 e. The van der Waals surface area contributed by atoms with Gasteiger partial charge >= 0.3 is 0 Å². The second-order valence-electron chi connectivity index (χ2n) is 3.78. The van der Waals surface area contributed by atoms with Gasteiger partial charge in [-0.2, -0.15) is 8.42 Å². The second kappa shape index (κ2) is 5.10. The molecule has 0 bridgehead atoms. The lowest BCUT2D eigenvalue weighted by molar-refractivity contribution is 0.0826. The van der Waals surface area contributed by atoms with Crippen molar-refractivity contribution < 1.29 is 26.5 Å². The Morgan fingerprint density at radius 1 is 1.11 bits per heavy atom. The number of hydrogen-bond acceptors (Lipinski definition) is 3. The van der Waals surface area contributed by atoms with Crippen LogP contribution < -0.4 is 4.74 Å². The SMILES string of the molecule is O=S(=O)(O)c1ccc(OCC(F)F)c2ccccc12. The van der Waals surface area contributed by atoms with Gasteiger partial charge in [-0.25, -0.2) is 8.78 Å². The van der Waals surface area contributed by atoms with E-state index in [-0.39, 0.29) is 16.0 Å². The first-order valence-corrected chi connectivity index (χ1v) is 6.74. The van der Waals surface area contributed by atoms with E-state index in [2.05, 4.69) is 0 Å². The first-order valence-electron chi connectivity index (χ1n) is 5.30. The Kier molecular flexibility index (Phi) is 3.68. The lowest BCUT2D eigenvalue weighted by Crippen LogP contribution is -2.08. The lowest BCUT2D eigenvalue weighted by Gasteiger charge is -2.10. The molecule has 0 atom stereocenters. The molecule has 2 aromatic rings. The molecule has 7 heteroatoms. The maximum absolute atomic E-state index is 12.1. The molecular weight excluding hydrogens is 278 g/mol. The van der Waals surface area contributed by atoms with Gasteiger partial charge in [-0.15, -0.1) is 0 Å². The number of fused-ring (bicyclic) bond motifs is 1. The average molecular weight is 288 g/mol. The lowest BCUT2D eigenvalue weighted by atomic mass is 10.1. The van der Waals surface area contributed by atoms with Crippen LogP contribution in [-0.2, 0) is 10.1 Å². The van der Waals surface area contributed by atoms with Crippen LogP contribution in [0.4, 0.5) is 8.78 Å². The highest BCUT2D eigenvalue weighted by Gasteiger charge is 2.16. The average Bonchev–Trinajstić information content (AvgIpc) is 2.34. The van der Waals surface area contributed by atoms with Gasteiger partial charge in [0, 0.05) is 10.8 Å². The van der Waals surface area contributed by atoms with Gasteiger partial charge < -0.3 is 4.74 Å². The molecule has 2 aromatic carbocycles. The van der Waals surface area contributed by atoms with Gasteiger partial charge in [0.1, 0.15) is 17.3 Å². The summed E-state index contributed by atoms with van der Waals surface area (Å²) in [6.07, 6.45) is -2.62. The third-order valence-corrected chi connectivity index (χ3v) is 3.40. The van der Waals surface area contributed by atoms with E-state index < -0.39 is 23.2 Å². The maximum Gasteiger partial charge on any atom is 0.295 e. The molecule has 0 aromatic heterocycles. The molecule has 0 unspecified atom stereocenters. The molecule has 0 saturated heterocycles. The number of benzene rings is 2. The fourth-order valence-corrected chi connectivity index (χ4v) is 2.44. The van der Waals surface area contributed by atoms with Crippen LogP contribution in [0.25, 0.3) is 10.8 Å². The summed E-state index contributed by atoms with van der Waals surface area (Å²) in [5.41, 5.74) is 0. The minimum absolute atomic E-state index is 0.142. The summed E-state index contributed by atoms with van der Waals surface area (Å²) in [6, 6.07) is 8.56. The first kappa shape index (κ1) is 13.7. The summed E-state index contributed by atoms with van der Waals surface area (Å²) in [4.78, 5) is -0.285. The molecule has 1 N–H and O–H groups in total. The topological polar surface area (TPSA) is 63.6 Å². The van der Waals surface area contributed by atoms with Gasteiger partial charge in [0.2, 0.25) is 0 Å². The third kappa shape index (κ3) is 2.99. The van der Waals surface area contributed by atoms with Crippen LogP contribution in [0, 0.1) is 0 Å². The molecule has 4 nitrogen and oxygen atoms in total. The maximum atomic E-state index is 12.1. The fourth-order valence-electron chi connectivity index (χ4n) is 1.75. The standard InChI is InChI=1S/C12H10F2O4S/c13-12(14)7-18-10-5-6-11(19(15,16)17)9-4-2-1-3-8(9)10/h1-6,12H,7H2,(H,15,16,17). The molecule has 0 saturated carbocycles. The van der Waals surface area contributed by atoms with Gasteiger partial charge in [-0.05, 0) is 12.1 Å². The predicted octanol–water partition coefficient (Wildman–Crippen LogP) is 2.73. The Morgan fingerprint density at radius 2 is 1.74 bits per heavy atom. The zero-order valence-electron chi connectivity index (χ0n) is 9.58. The van der Waals surface area contributed by atoms with Crippen LogP contribution in [0.3, 0.4) is 0 Å². The van der Waals surface area contributed by atoms with Crippen molar-refractivity contribution in [2.75, 3.05) is 6.61 Å². The highest BCUT2D eigenvalue weighted by atomic mass is 32.2. The van der Waals surface area contributed by atoms with E-state index in [1.54, 1.807) is 12.1 Å². The Balaban J connectivity index is 2.59. The summed E-state index contributed by atoms with van der Waals surface area (Å²) >= 11 is 0. The molecule has 2 rings (SSSR count). The molecular formula is C12H10F2O4S. The van der Waals surface area contributed by atoms with E-state index in [0.717, 1.165) is 6.07 Å². The summed E-state index contributed by atoms with van der Waals surface area (Å²) < 4.78 is 60.7. The van der Waals surface area contributed by atoms with Crippen LogP contribution in [0.15, 0.2) is 41.3 Å². The van der Waals surface area contributed by atoms with E-state index in [1.165, 1.54) is 18.2 Å². The summed E-state index contributed by atoms with van der Waals surface area (Å²) in [6.45, 7) is -0.783. The summed E-state index contributed by atoms with van der Waals surface area (Å²) in [5.74, 6) is 0.142. The zero-order valence-corrected chi connectivity index (χ0v) is 10.4. The molecule has 0 aliphatic rings. The Labute approximate surface area is 108 Å². The van der Waals surface area contributed by atoms with Gasteiger partial charge in [-0.3, -0.25) is 4.55 Å². The summed E-state index contributed by atoms with van der Waals surface area (Å²) in [7, 11) is -4.38. The number of hydrogen-bond donors (Lipinski definition) is 1. The largest absolute Gasteiger partial charge is 0.487 e. The van der Waals surface area contributed by atoms with Gasteiger partial charge in [0.25, 0.3) is 16.5 Å². The normalized spacial score (nSPS) is 12.0. The summed E-state index contributed by atoms with van der Waals surface area (Å²) in [5, 5.41) is 0.565. The van der Waals surface area contributed by atoms with E-state index in [0.29, 0.717) is 5.39 Å². The van der Waals surface area contributed by atoms with E-state index >= 15 is 0 Å². The minimum atomic E-state index is -4.38. The Hall–Kier alpha value is -1.73. The van der Waals surface area contributed by atoms with Crippen molar-refractivity contribution in [3.05, 3.63) is 36.4 Å². The second-order valence-corrected chi connectivity index (χ2v) is 5.17. The van der Waals surface area contributed by atoms with Gasteiger partial charge in [-0.1, -0.05) is 24.3 Å². The monoisotopic (exact) mass is 288 g/mol. The highest BCUT2D eigenvalue weighted by molar-refractivity contribution is 7.86. The van der Waals surface area contributed by atoms with Crippen molar-refractivity contribution >= 4 is 20.9 Å². The van der Waals surface area contributed by atoms with Crippen molar-refractivity contribution in [1.29, 1.82) is 0 Å². The van der Waals surface area contributed by atoms with Crippen LogP contribution >= 0.6 is 0 Å². The molecule has 0 aliphatic carbocycles. The molecule has 0 fully saturated rings. The molecule has 0 heterocycles. The van der Waals surface area contributed by atoms with Crippen molar-refractivity contribution in [2.24, 2.45) is 0 Å². The molecule has 102 valence electrons. The molecule has 19 heavy (non-hydrogen) atoms. The van der Waals surface area contributed by atoms with Crippen LogP contribution in [-0.4, -0.2) is 26.0 Å². The van der Waals surface area contributed by atoms with Crippen molar-refractivity contribution in [3.63, 3.8) is 0 Å². The predicted molar refractivity (Wildman–Crippen MR) is 65.3 cm³/mol. The van der Waals surface area contributed by atoms with Gasteiger partial charge in [0.05, 0.1) is 0 Å². The van der Waals surface area contributed by atoms with E-state index in [1.807, 2.05) is 0 Å². The fraction of sp³-hybridized carbons (Fsp3) is 0.167. The Bertz CT molecular complexity index is 698. The van der Waals surface area contributed by atoms with E-state index in [9.17, 15) is 17.2 Å². The first-order chi connectivity index (χ1) is 8.89. The van der Waals surface area contributed by atoms with Crippen LogP contribution in [0.2, 0.25) is 0 Å². The molecule has 0 radical (unpaired) electrons. The quantitative estimate of drug-likeness (QED) is 0.879. The highest BCUT2D eigenvalue weighted by Crippen LogP contribution is 2.31. The number of rotatable bonds is 4. The van der Waals surface area contributed by atoms with Crippen molar-refractivity contribution in [3.8, 4) is 5.75 Å². The Morgan fingerprint density at radius 3 is 2.32 bits per heavy atom. The van der Waals surface area contributed by atoms with Gasteiger partial charge in [0.15, 0.2) is 0 Å². The molecule has 0 aliphatic heterocycles. The molecule has 0 spiro atoms. The molecule has 0 amide bonds. The van der Waals surface area contributed by atoms with Crippen LogP contribution in [0.1, 0.15) is 0 Å². The number of halogens is 2.